The van der Waals surface area contributed by atoms with Crippen molar-refractivity contribution in [3.8, 4) is 0 Å². The van der Waals surface area contributed by atoms with Crippen LogP contribution in [0.4, 0.5) is 0 Å². The Balaban J connectivity index is 2.31. The maximum absolute atomic E-state index is 5.46. The molecule has 15 heavy (non-hydrogen) atoms. The highest BCUT2D eigenvalue weighted by molar-refractivity contribution is 8.03. The minimum atomic E-state index is 0.0740. The van der Waals surface area contributed by atoms with E-state index in [9.17, 15) is 0 Å². The highest BCUT2D eigenvalue weighted by Crippen LogP contribution is 2.48. The molecule has 1 aromatic carbocycles. The zero-order valence-corrected chi connectivity index (χ0v) is 10.9. The molecule has 1 aliphatic rings. The van der Waals surface area contributed by atoms with Gasteiger partial charge in [0.2, 0.25) is 0 Å². The monoisotopic (exact) mass is 237 g/mol. The summed E-state index contributed by atoms with van der Waals surface area (Å²) in [6, 6.07) is 10.5. The third kappa shape index (κ3) is 1.91. The standard InChI is InChI=1S/C12H15NS2/c1-12(2)11(14)13(3)10(15-12)9-7-5-4-6-8-9/h4-8,10H,1-3H3. The van der Waals surface area contributed by atoms with Gasteiger partial charge in [0.1, 0.15) is 5.37 Å². The van der Waals surface area contributed by atoms with Crippen LogP contribution in [-0.2, 0) is 0 Å². The topological polar surface area (TPSA) is 3.24 Å². The van der Waals surface area contributed by atoms with Gasteiger partial charge in [-0.1, -0.05) is 42.5 Å². The Kier molecular flexibility index (Phi) is 2.77. The molecule has 80 valence electrons. The van der Waals surface area contributed by atoms with Crippen molar-refractivity contribution in [1.82, 2.24) is 4.90 Å². The molecule has 1 saturated heterocycles. The Hall–Kier alpha value is -0.540. The van der Waals surface area contributed by atoms with Crippen molar-refractivity contribution in [1.29, 1.82) is 0 Å². The fourth-order valence-corrected chi connectivity index (χ4v) is 3.53. The van der Waals surface area contributed by atoms with E-state index in [-0.39, 0.29) is 4.75 Å². The molecule has 0 spiro atoms. The van der Waals surface area contributed by atoms with Crippen molar-refractivity contribution in [2.75, 3.05) is 7.05 Å². The quantitative estimate of drug-likeness (QED) is 0.689. The highest BCUT2D eigenvalue weighted by Gasteiger charge is 2.41. The van der Waals surface area contributed by atoms with Crippen LogP contribution in [0.5, 0.6) is 0 Å². The lowest BCUT2D eigenvalue weighted by molar-refractivity contribution is 0.500. The Bertz CT molecular complexity index is 372. The average Bonchev–Trinajstić information content (AvgIpc) is 2.44. The van der Waals surface area contributed by atoms with Crippen molar-refractivity contribution < 1.29 is 0 Å². The fraction of sp³-hybridized carbons (Fsp3) is 0.417. The molecular weight excluding hydrogens is 222 g/mol. The predicted molar refractivity (Wildman–Crippen MR) is 71.2 cm³/mol. The number of hydrogen-bond acceptors (Lipinski definition) is 2. The first-order valence-corrected chi connectivity index (χ1v) is 6.31. The van der Waals surface area contributed by atoms with E-state index in [1.165, 1.54) is 5.56 Å². The van der Waals surface area contributed by atoms with Gasteiger partial charge < -0.3 is 4.90 Å². The molecule has 1 fully saturated rings. The number of thiocarbonyl (C=S) groups is 1. The number of nitrogens with zero attached hydrogens (tertiary/aromatic N) is 1. The minimum Gasteiger partial charge on any atom is -0.352 e. The van der Waals surface area contributed by atoms with Crippen molar-refractivity contribution in [3.05, 3.63) is 35.9 Å². The van der Waals surface area contributed by atoms with E-state index >= 15 is 0 Å². The zero-order valence-electron chi connectivity index (χ0n) is 9.23. The Morgan fingerprint density at radius 1 is 1.27 bits per heavy atom. The van der Waals surface area contributed by atoms with E-state index in [0.29, 0.717) is 5.37 Å². The number of thioether (sulfide) groups is 1. The largest absolute Gasteiger partial charge is 0.352 e. The molecule has 0 saturated carbocycles. The normalized spacial score (nSPS) is 24.6. The van der Waals surface area contributed by atoms with Gasteiger partial charge in [-0.25, -0.2) is 0 Å². The maximum Gasteiger partial charge on any atom is 0.102 e. The summed E-state index contributed by atoms with van der Waals surface area (Å²) in [6.45, 7) is 4.39. The van der Waals surface area contributed by atoms with Crippen LogP contribution in [0.15, 0.2) is 30.3 Å². The summed E-state index contributed by atoms with van der Waals surface area (Å²) in [4.78, 5) is 3.25. The lowest BCUT2D eigenvalue weighted by Crippen LogP contribution is -2.30. The van der Waals surface area contributed by atoms with Crippen molar-refractivity contribution in [3.63, 3.8) is 0 Å². The lowest BCUT2D eigenvalue weighted by Gasteiger charge is -2.20. The van der Waals surface area contributed by atoms with Gasteiger partial charge in [-0.05, 0) is 19.4 Å². The van der Waals surface area contributed by atoms with Crippen LogP contribution in [0.3, 0.4) is 0 Å². The lowest BCUT2D eigenvalue weighted by atomic mass is 10.1. The second-order valence-corrected chi connectivity index (χ2v) is 6.40. The molecule has 1 aromatic rings. The van der Waals surface area contributed by atoms with Gasteiger partial charge in [-0.3, -0.25) is 0 Å². The van der Waals surface area contributed by atoms with Gasteiger partial charge in [-0.15, -0.1) is 11.8 Å². The Morgan fingerprint density at radius 2 is 1.87 bits per heavy atom. The molecule has 1 unspecified atom stereocenters. The summed E-state index contributed by atoms with van der Waals surface area (Å²) in [5.41, 5.74) is 1.33. The van der Waals surface area contributed by atoms with Crippen LogP contribution in [0, 0.1) is 0 Å². The predicted octanol–water partition coefficient (Wildman–Crippen LogP) is 3.47. The summed E-state index contributed by atoms with van der Waals surface area (Å²) < 4.78 is 0.0740. The molecule has 1 atom stereocenters. The summed E-state index contributed by atoms with van der Waals surface area (Å²) in [5.74, 6) is 0. The number of rotatable bonds is 1. The molecule has 0 amide bonds. The van der Waals surface area contributed by atoms with Crippen molar-refractivity contribution >= 4 is 29.0 Å². The first kappa shape index (κ1) is 11.0. The van der Waals surface area contributed by atoms with Crippen LogP contribution < -0.4 is 0 Å². The van der Waals surface area contributed by atoms with E-state index in [1.807, 2.05) is 17.8 Å². The van der Waals surface area contributed by atoms with E-state index in [4.69, 9.17) is 12.2 Å². The summed E-state index contributed by atoms with van der Waals surface area (Å²) in [6.07, 6.45) is 0. The molecule has 3 heteroatoms. The van der Waals surface area contributed by atoms with Crippen LogP contribution in [0.1, 0.15) is 24.8 Å². The molecule has 2 rings (SSSR count). The van der Waals surface area contributed by atoms with E-state index < -0.39 is 0 Å². The first-order chi connectivity index (χ1) is 7.02. The van der Waals surface area contributed by atoms with E-state index in [0.717, 1.165) is 4.99 Å². The highest BCUT2D eigenvalue weighted by atomic mass is 32.2. The van der Waals surface area contributed by atoms with Crippen molar-refractivity contribution in [2.24, 2.45) is 0 Å². The third-order valence-corrected chi connectivity index (χ3v) is 5.20. The minimum absolute atomic E-state index is 0.0740. The summed E-state index contributed by atoms with van der Waals surface area (Å²) in [5, 5.41) is 0.369. The van der Waals surface area contributed by atoms with Gasteiger partial charge in [0.05, 0.1) is 9.74 Å². The van der Waals surface area contributed by atoms with Crippen LogP contribution in [-0.4, -0.2) is 21.7 Å². The fourth-order valence-electron chi connectivity index (χ4n) is 1.85. The molecule has 0 aromatic heterocycles. The van der Waals surface area contributed by atoms with Gasteiger partial charge >= 0.3 is 0 Å². The number of hydrogen-bond donors (Lipinski definition) is 0. The van der Waals surface area contributed by atoms with Crippen LogP contribution in [0.25, 0.3) is 0 Å². The Morgan fingerprint density at radius 3 is 2.33 bits per heavy atom. The zero-order chi connectivity index (χ0) is 11.1. The van der Waals surface area contributed by atoms with E-state index in [2.05, 4.69) is 50.1 Å². The van der Waals surface area contributed by atoms with Gasteiger partial charge in [-0.2, -0.15) is 0 Å². The molecular formula is C12H15NS2. The number of benzene rings is 1. The average molecular weight is 237 g/mol. The van der Waals surface area contributed by atoms with E-state index in [1.54, 1.807) is 0 Å². The molecule has 1 aliphatic heterocycles. The molecule has 1 heterocycles. The smallest absolute Gasteiger partial charge is 0.102 e. The second-order valence-electron chi connectivity index (χ2n) is 4.31. The first-order valence-electron chi connectivity index (χ1n) is 5.02. The van der Waals surface area contributed by atoms with Gasteiger partial charge in [0.15, 0.2) is 0 Å². The van der Waals surface area contributed by atoms with Gasteiger partial charge in [0, 0.05) is 7.05 Å². The van der Waals surface area contributed by atoms with Crippen LogP contribution in [0.2, 0.25) is 0 Å². The summed E-state index contributed by atoms with van der Waals surface area (Å²) >= 11 is 7.38. The molecule has 0 aliphatic carbocycles. The Labute approximate surface area is 101 Å². The second kappa shape index (κ2) is 3.80. The molecule has 0 bridgehead atoms. The molecule has 0 N–H and O–H groups in total. The maximum atomic E-state index is 5.46. The third-order valence-electron chi connectivity index (χ3n) is 2.68. The SMILES string of the molecule is CN1C(=S)C(C)(C)SC1c1ccccc1. The molecule has 0 radical (unpaired) electrons. The van der Waals surface area contributed by atoms with Crippen LogP contribution >= 0.6 is 24.0 Å². The summed E-state index contributed by atoms with van der Waals surface area (Å²) in [7, 11) is 2.09. The molecule has 1 nitrogen and oxygen atoms in total. The van der Waals surface area contributed by atoms with Crippen molar-refractivity contribution in [2.45, 2.75) is 24.0 Å². The van der Waals surface area contributed by atoms with Gasteiger partial charge in [0.25, 0.3) is 0 Å².